The van der Waals surface area contributed by atoms with E-state index in [2.05, 4.69) is 11.2 Å². The first-order valence-corrected chi connectivity index (χ1v) is 5.25. The number of nitro groups is 1. The molecular weight excluding hydrogens is 242 g/mol. The topological polar surface area (TPSA) is 55.2 Å². The maximum absolute atomic E-state index is 13.4. The number of halogens is 2. The minimum Gasteiger partial charge on any atom is -0.309 e. The molecule has 4 nitrogen and oxygen atoms in total. The third-order valence-electron chi connectivity index (χ3n) is 2.38. The van der Waals surface area contributed by atoms with Gasteiger partial charge in [0.25, 0.3) is 0 Å². The lowest BCUT2D eigenvalue weighted by Crippen LogP contribution is -2.25. The molecule has 0 saturated carbocycles. The van der Waals surface area contributed by atoms with Crippen molar-refractivity contribution in [3.8, 4) is 12.3 Å². The van der Waals surface area contributed by atoms with Crippen LogP contribution in [0.2, 0.25) is 0 Å². The zero-order valence-electron chi connectivity index (χ0n) is 9.74. The molecule has 0 saturated heterocycles. The summed E-state index contributed by atoms with van der Waals surface area (Å²) >= 11 is 0. The lowest BCUT2D eigenvalue weighted by molar-refractivity contribution is -0.387. The summed E-state index contributed by atoms with van der Waals surface area (Å²) in [5.41, 5.74) is -0.704. The van der Waals surface area contributed by atoms with Gasteiger partial charge in [-0.15, -0.1) is 12.3 Å². The maximum Gasteiger partial charge on any atom is 0.305 e. The van der Waals surface area contributed by atoms with Crippen molar-refractivity contribution in [3.05, 3.63) is 39.4 Å². The molecule has 0 amide bonds. The molecule has 18 heavy (non-hydrogen) atoms. The van der Waals surface area contributed by atoms with Crippen molar-refractivity contribution in [2.75, 3.05) is 0 Å². The van der Waals surface area contributed by atoms with Crippen molar-refractivity contribution < 1.29 is 13.7 Å². The highest BCUT2D eigenvalue weighted by Crippen LogP contribution is 2.21. The second-order valence-corrected chi connectivity index (χ2v) is 3.84. The quantitative estimate of drug-likeness (QED) is 0.498. The van der Waals surface area contributed by atoms with E-state index in [-0.39, 0.29) is 18.2 Å². The summed E-state index contributed by atoms with van der Waals surface area (Å²) in [6.45, 7) is 1.85. The molecule has 1 rings (SSSR count). The van der Waals surface area contributed by atoms with E-state index in [1.54, 1.807) is 6.92 Å². The third-order valence-corrected chi connectivity index (χ3v) is 2.38. The second kappa shape index (κ2) is 6.07. The number of benzene rings is 1. The van der Waals surface area contributed by atoms with Crippen LogP contribution in [0.25, 0.3) is 0 Å². The lowest BCUT2D eigenvalue weighted by Gasteiger charge is -2.11. The number of nitrogens with zero attached hydrogens (tertiary/aromatic N) is 1. The van der Waals surface area contributed by atoms with Crippen LogP contribution < -0.4 is 5.32 Å². The van der Waals surface area contributed by atoms with Crippen LogP contribution in [0.3, 0.4) is 0 Å². The monoisotopic (exact) mass is 254 g/mol. The van der Waals surface area contributed by atoms with Gasteiger partial charge in [0.15, 0.2) is 0 Å². The van der Waals surface area contributed by atoms with Gasteiger partial charge in [0.1, 0.15) is 5.82 Å². The molecule has 0 heterocycles. The van der Waals surface area contributed by atoms with Crippen LogP contribution in [-0.2, 0) is 6.54 Å². The summed E-state index contributed by atoms with van der Waals surface area (Å²) in [5, 5.41) is 13.4. The number of rotatable bonds is 5. The van der Waals surface area contributed by atoms with Gasteiger partial charge in [0.05, 0.1) is 4.92 Å². The molecule has 0 radical (unpaired) electrons. The fourth-order valence-corrected chi connectivity index (χ4v) is 1.39. The Bertz CT molecular complexity index is 498. The zero-order chi connectivity index (χ0) is 13.7. The van der Waals surface area contributed by atoms with Gasteiger partial charge >= 0.3 is 5.69 Å². The van der Waals surface area contributed by atoms with E-state index >= 15 is 0 Å². The van der Waals surface area contributed by atoms with E-state index in [1.165, 1.54) is 0 Å². The van der Waals surface area contributed by atoms with E-state index in [0.717, 1.165) is 6.07 Å². The van der Waals surface area contributed by atoms with Gasteiger partial charge in [-0.05, 0) is 6.92 Å². The Balaban J connectivity index is 2.86. The van der Waals surface area contributed by atoms with E-state index in [1.807, 2.05) is 0 Å². The van der Waals surface area contributed by atoms with Gasteiger partial charge < -0.3 is 5.32 Å². The highest BCUT2D eigenvalue weighted by molar-refractivity contribution is 5.37. The molecule has 0 aliphatic carbocycles. The molecule has 96 valence electrons. The van der Waals surface area contributed by atoms with Crippen LogP contribution in [0.1, 0.15) is 18.9 Å². The normalized spacial score (nSPS) is 11.9. The molecule has 0 aromatic heterocycles. The first-order valence-electron chi connectivity index (χ1n) is 5.25. The largest absolute Gasteiger partial charge is 0.309 e. The summed E-state index contributed by atoms with van der Waals surface area (Å²) < 4.78 is 26.5. The van der Waals surface area contributed by atoms with E-state index in [9.17, 15) is 18.9 Å². The van der Waals surface area contributed by atoms with Crippen LogP contribution in [0.5, 0.6) is 0 Å². The highest BCUT2D eigenvalue weighted by Gasteiger charge is 2.18. The Morgan fingerprint density at radius 2 is 2.17 bits per heavy atom. The minimum absolute atomic E-state index is 0.0342. The molecule has 1 N–H and O–H groups in total. The number of terminal acetylenes is 1. The molecule has 0 fully saturated rings. The maximum atomic E-state index is 13.4. The molecule has 0 spiro atoms. The lowest BCUT2D eigenvalue weighted by atomic mass is 10.1. The van der Waals surface area contributed by atoms with Crippen LogP contribution >= 0.6 is 0 Å². The summed E-state index contributed by atoms with van der Waals surface area (Å²) in [6, 6.07) is 1.35. The van der Waals surface area contributed by atoms with E-state index in [0.29, 0.717) is 12.5 Å². The van der Waals surface area contributed by atoms with Gasteiger partial charge in [-0.25, -0.2) is 4.39 Å². The Morgan fingerprint density at radius 3 is 2.72 bits per heavy atom. The average molecular weight is 254 g/mol. The van der Waals surface area contributed by atoms with Gasteiger partial charge in [0, 0.05) is 36.7 Å². The molecule has 0 aliphatic rings. The van der Waals surface area contributed by atoms with Gasteiger partial charge in [-0.2, -0.15) is 4.39 Å². The average Bonchev–Trinajstić information content (AvgIpc) is 2.27. The summed E-state index contributed by atoms with van der Waals surface area (Å²) in [7, 11) is 0. The van der Waals surface area contributed by atoms with Crippen LogP contribution in [0, 0.1) is 34.1 Å². The zero-order valence-corrected chi connectivity index (χ0v) is 9.74. The van der Waals surface area contributed by atoms with Gasteiger partial charge in [0.2, 0.25) is 5.82 Å². The van der Waals surface area contributed by atoms with Crippen molar-refractivity contribution in [1.29, 1.82) is 0 Å². The Kier molecular flexibility index (Phi) is 4.75. The summed E-state index contributed by atoms with van der Waals surface area (Å²) in [6.07, 6.45) is 5.56. The molecule has 6 heteroatoms. The van der Waals surface area contributed by atoms with Gasteiger partial charge in [-0.3, -0.25) is 10.1 Å². The van der Waals surface area contributed by atoms with Crippen molar-refractivity contribution >= 4 is 5.69 Å². The smallest absolute Gasteiger partial charge is 0.305 e. The Morgan fingerprint density at radius 1 is 1.50 bits per heavy atom. The van der Waals surface area contributed by atoms with Gasteiger partial charge in [-0.1, -0.05) is 0 Å². The number of nitro benzene ring substituents is 1. The Hall–Kier alpha value is -2.00. The summed E-state index contributed by atoms with van der Waals surface area (Å²) in [5.74, 6) is 0.429. The van der Waals surface area contributed by atoms with E-state index in [4.69, 9.17) is 6.42 Å². The standard InChI is InChI=1S/C12H12F2N2O2/c1-3-4-8(2)15-7-9-5-12(16(17)18)11(14)6-10(9)13/h1,5-6,8,15H,4,7H2,2H3. The van der Waals surface area contributed by atoms with Crippen molar-refractivity contribution in [1.82, 2.24) is 5.32 Å². The highest BCUT2D eigenvalue weighted by atomic mass is 19.1. The van der Waals surface area contributed by atoms with Crippen molar-refractivity contribution in [2.45, 2.75) is 25.9 Å². The molecule has 0 bridgehead atoms. The van der Waals surface area contributed by atoms with Crippen molar-refractivity contribution in [3.63, 3.8) is 0 Å². The molecule has 1 atom stereocenters. The second-order valence-electron chi connectivity index (χ2n) is 3.84. The van der Waals surface area contributed by atoms with E-state index < -0.39 is 22.2 Å². The molecular formula is C12H12F2N2O2. The minimum atomic E-state index is -1.18. The first-order chi connectivity index (χ1) is 8.45. The predicted octanol–water partition coefficient (Wildman–Crippen LogP) is 2.37. The Labute approximate surface area is 103 Å². The third kappa shape index (κ3) is 3.50. The van der Waals surface area contributed by atoms with Crippen LogP contribution in [0.4, 0.5) is 14.5 Å². The molecule has 0 aliphatic heterocycles. The van der Waals surface area contributed by atoms with Crippen LogP contribution in [0.15, 0.2) is 12.1 Å². The first kappa shape index (κ1) is 14.1. The predicted molar refractivity (Wildman–Crippen MR) is 62.8 cm³/mol. The SMILES string of the molecule is C#CCC(C)NCc1cc([N+](=O)[O-])c(F)cc1F. The molecule has 1 aromatic rings. The number of hydrogen-bond acceptors (Lipinski definition) is 3. The fraction of sp³-hybridized carbons (Fsp3) is 0.333. The number of hydrogen-bond donors (Lipinski definition) is 1. The molecule has 1 unspecified atom stereocenters. The van der Waals surface area contributed by atoms with Crippen LogP contribution in [-0.4, -0.2) is 11.0 Å². The fourth-order valence-electron chi connectivity index (χ4n) is 1.39. The molecule has 1 aromatic carbocycles. The summed E-state index contributed by atoms with van der Waals surface area (Å²) in [4.78, 5) is 9.64. The number of nitrogens with one attached hydrogen (secondary N) is 1. The van der Waals surface area contributed by atoms with Crippen molar-refractivity contribution in [2.24, 2.45) is 0 Å².